The Kier molecular flexibility index (Phi) is 7.52. The average molecular weight is 500 g/mol. The maximum absolute atomic E-state index is 14.2. The average Bonchev–Trinajstić information content (AvgIpc) is 2.98. The second-order valence-corrected chi connectivity index (χ2v) is 8.94. The Labute approximate surface area is 215 Å². The molecule has 3 aromatic carbocycles. The zero-order valence-corrected chi connectivity index (χ0v) is 20.5. The van der Waals surface area contributed by atoms with E-state index in [0.717, 1.165) is 16.7 Å². The predicted molar refractivity (Wildman–Crippen MR) is 142 cm³/mol. The number of hydrazone groups is 1. The number of hydrogen-bond acceptors (Lipinski definition) is 6. The van der Waals surface area contributed by atoms with Crippen molar-refractivity contribution in [2.45, 2.75) is 24.9 Å². The van der Waals surface area contributed by atoms with Gasteiger partial charge in [-0.15, -0.1) is 0 Å². The summed E-state index contributed by atoms with van der Waals surface area (Å²) in [7, 11) is 1.60. The lowest BCUT2D eigenvalue weighted by molar-refractivity contribution is -0.150. The van der Waals surface area contributed by atoms with E-state index in [-0.39, 0.29) is 6.54 Å². The van der Waals surface area contributed by atoms with Crippen molar-refractivity contribution in [3.05, 3.63) is 95.6 Å². The van der Waals surface area contributed by atoms with Crippen molar-refractivity contribution in [1.82, 2.24) is 4.90 Å². The fraction of sp³-hybridized carbons (Fsp3) is 0.214. The van der Waals surface area contributed by atoms with Crippen LogP contribution in [0.15, 0.2) is 84.0 Å². The van der Waals surface area contributed by atoms with Crippen molar-refractivity contribution in [3.8, 4) is 0 Å². The van der Waals surface area contributed by atoms with Crippen molar-refractivity contribution < 1.29 is 19.5 Å². The number of nitrogens with one attached hydrogen (secondary N) is 1. The van der Waals surface area contributed by atoms with Crippen LogP contribution >= 0.6 is 0 Å². The van der Waals surface area contributed by atoms with Gasteiger partial charge in [-0.1, -0.05) is 60.7 Å². The van der Waals surface area contributed by atoms with Gasteiger partial charge in [0.2, 0.25) is 5.54 Å². The van der Waals surface area contributed by atoms with Gasteiger partial charge < -0.3 is 26.1 Å². The SMILES string of the molecule is CN1c2ccccc2CN(CCc2ccccc2)C(=O)C1(CC(=O)O)C(=O)Nc1ccc(C=NN)cc1. The van der Waals surface area contributed by atoms with Crippen LogP contribution in [0.25, 0.3) is 0 Å². The lowest BCUT2D eigenvalue weighted by atomic mass is 9.89. The summed E-state index contributed by atoms with van der Waals surface area (Å²) in [4.78, 5) is 43.4. The van der Waals surface area contributed by atoms with Crippen LogP contribution in [0.2, 0.25) is 0 Å². The summed E-state index contributed by atoms with van der Waals surface area (Å²) in [5.74, 6) is 2.66. The summed E-state index contributed by atoms with van der Waals surface area (Å²) in [5.41, 5.74) is 1.63. The van der Waals surface area contributed by atoms with Crippen LogP contribution in [0, 0.1) is 0 Å². The predicted octanol–water partition coefficient (Wildman–Crippen LogP) is 2.85. The molecule has 3 aromatic rings. The molecule has 0 radical (unpaired) electrons. The molecule has 2 amide bonds. The third-order valence-corrected chi connectivity index (χ3v) is 6.62. The highest BCUT2D eigenvalue weighted by molar-refractivity contribution is 6.19. The molecule has 1 heterocycles. The number of carboxylic acid groups (broad SMARTS) is 1. The van der Waals surface area contributed by atoms with Crippen LogP contribution in [0.4, 0.5) is 11.4 Å². The second-order valence-electron chi connectivity index (χ2n) is 8.94. The van der Waals surface area contributed by atoms with Gasteiger partial charge in [0.05, 0.1) is 12.6 Å². The molecule has 37 heavy (non-hydrogen) atoms. The summed E-state index contributed by atoms with van der Waals surface area (Å²) in [6.07, 6.45) is 1.32. The lowest BCUT2D eigenvalue weighted by Gasteiger charge is -2.40. The molecular weight excluding hydrogens is 470 g/mol. The third kappa shape index (κ3) is 5.30. The Balaban J connectivity index is 1.75. The van der Waals surface area contributed by atoms with E-state index >= 15 is 0 Å². The number of carbonyl (C=O) groups is 3. The highest BCUT2D eigenvalue weighted by Crippen LogP contribution is 2.36. The van der Waals surface area contributed by atoms with Gasteiger partial charge in [-0.3, -0.25) is 14.4 Å². The Morgan fingerprint density at radius 1 is 1.05 bits per heavy atom. The fourth-order valence-electron chi connectivity index (χ4n) is 4.67. The molecule has 0 bridgehead atoms. The Hall–Kier alpha value is -4.66. The number of benzene rings is 3. The molecule has 0 spiro atoms. The molecule has 9 nitrogen and oxygen atoms in total. The summed E-state index contributed by atoms with van der Waals surface area (Å²) in [5, 5.41) is 16.2. The number of rotatable bonds is 8. The quantitative estimate of drug-likeness (QED) is 0.189. The largest absolute Gasteiger partial charge is 0.481 e. The van der Waals surface area contributed by atoms with Gasteiger partial charge in [-0.25, -0.2) is 0 Å². The summed E-state index contributed by atoms with van der Waals surface area (Å²) < 4.78 is 0. The minimum atomic E-state index is -2.01. The van der Waals surface area contributed by atoms with E-state index in [1.165, 1.54) is 11.1 Å². The molecule has 1 atom stereocenters. The number of amides is 2. The maximum Gasteiger partial charge on any atom is 0.306 e. The van der Waals surface area contributed by atoms with Gasteiger partial charge in [0, 0.05) is 31.5 Å². The highest BCUT2D eigenvalue weighted by Gasteiger charge is 2.55. The van der Waals surface area contributed by atoms with Crippen LogP contribution in [0.5, 0.6) is 0 Å². The van der Waals surface area contributed by atoms with Gasteiger partial charge in [0.25, 0.3) is 11.8 Å². The van der Waals surface area contributed by atoms with E-state index in [0.29, 0.717) is 24.3 Å². The van der Waals surface area contributed by atoms with Crippen LogP contribution in [-0.4, -0.2) is 53.1 Å². The van der Waals surface area contributed by atoms with Crippen molar-refractivity contribution >= 4 is 35.4 Å². The van der Waals surface area contributed by atoms with Gasteiger partial charge >= 0.3 is 5.97 Å². The molecular formula is C28H29N5O4. The molecule has 0 aromatic heterocycles. The Bertz CT molecular complexity index is 1310. The summed E-state index contributed by atoms with van der Waals surface area (Å²) in [6, 6.07) is 23.8. The number of carbonyl (C=O) groups excluding carboxylic acids is 2. The van der Waals surface area contributed by atoms with Gasteiger partial charge in [0.1, 0.15) is 0 Å². The molecule has 4 rings (SSSR count). The number of nitrogens with two attached hydrogens (primary N) is 1. The zero-order valence-electron chi connectivity index (χ0n) is 20.5. The third-order valence-electron chi connectivity index (χ3n) is 6.62. The Morgan fingerprint density at radius 3 is 2.41 bits per heavy atom. The smallest absolute Gasteiger partial charge is 0.306 e. The molecule has 1 aliphatic heterocycles. The van der Waals surface area contributed by atoms with E-state index in [1.807, 2.05) is 42.5 Å². The molecule has 9 heteroatoms. The zero-order chi connectivity index (χ0) is 26.4. The van der Waals surface area contributed by atoms with E-state index in [2.05, 4.69) is 10.4 Å². The first-order valence-electron chi connectivity index (χ1n) is 11.9. The van der Waals surface area contributed by atoms with Crippen LogP contribution in [-0.2, 0) is 27.3 Å². The van der Waals surface area contributed by atoms with Crippen molar-refractivity contribution in [1.29, 1.82) is 0 Å². The van der Waals surface area contributed by atoms with E-state index in [4.69, 9.17) is 5.84 Å². The highest BCUT2D eigenvalue weighted by atomic mass is 16.4. The lowest BCUT2D eigenvalue weighted by Crippen LogP contribution is -2.65. The number of carboxylic acids is 1. The molecule has 4 N–H and O–H groups in total. The van der Waals surface area contributed by atoms with Gasteiger partial charge in [-0.05, 0) is 41.3 Å². The number of hydrogen-bond donors (Lipinski definition) is 3. The van der Waals surface area contributed by atoms with Crippen molar-refractivity contribution in [3.63, 3.8) is 0 Å². The number of likely N-dealkylation sites (N-methyl/N-ethyl adjacent to an activating group) is 1. The van der Waals surface area contributed by atoms with Crippen LogP contribution in [0.1, 0.15) is 23.1 Å². The normalized spacial score (nSPS) is 17.4. The monoisotopic (exact) mass is 499 g/mol. The first-order valence-corrected chi connectivity index (χ1v) is 11.9. The molecule has 0 saturated heterocycles. The molecule has 0 aliphatic carbocycles. The number of anilines is 2. The van der Waals surface area contributed by atoms with E-state index in [9.17, 15) is 19.5 Å². The van der Waals surface area contributed by atoms with Gasteiger partial charge in [0.15, 0.2) is 0 Å². The number of para-hydroxylation sites is 1. The summed E-state index contributed by atoms with van der Waals surface area (Å²) in [6.45, 7) is 0.584. The number of aliphatic carboxylic acids is 1. The first kappa shape index (κ1) is 25.4. The molecule has 0 fully saturated rings. The fourth-order valence-corrected chi connectivity index (χ4v) is 4.67. The summed E-state index contributed by atoms with van der Waals surface area (Å²) >= 11 is 0. The number of nitrogens with zero attached hydrogens (tertiary/aromatic N) is 3. The first-order chi connectivity index (χ1) is 17.8. The molecule has 1 aliphatic rings. The minimum Gasteiger partial charge on any atom is -0.481 e. The second kappa shape index (κ2) is 10.9. The van der Waals surface area contributed by atoms with E-state index < -0.39 is 29.7 Å². The van der Waals surface area contributed by atoms with Crippen molar-refractivity contribution in [2.75, 3.05) is 23.8 Å². The minimum absolute atomic E-state index is 0.258. The van der Waals surface area contributed by atoms with Gasteiger partial charge in [-0.2, -0.15) is 5.10 Å². The topological polar surface area (TPSA) is 128 Å². The maximum atomic E-state index is 14.2. The van der Waals surface area contributed by atoms with Crippen molar-refractivity contribution in [2.24, 2.45) is 10.9 Å². The molecule has 1 unspecified atom stereocenters. The molecule has 190 valence electrons. The molecule has 0 saturated carbocycles. The number of fused-ring (bicyclic) bond motifs is 1. The van der Waals surface area contributed by atoms with Crippen LogP contribution < -0.4 is 16.1 Å². The standard InChI is InChI=1S/C28H29N5O4/c1-32-24-10-6-5-9-22(24)19-33(16-15-20-7-3-2-4-8-20)27(37)28(32,17-25(34)35)26(36)31-23-13-11-21(12-14-23)18-30-29/h2-14,18H,15-17,19,29H2,1H3,(H,31,36)(H,34,35). The van der Waals surface area contributed by atoms with E-state index in [1.54, 1.807) is 48.3 Å². The Morgan fingerprint density at radius 2 is 1.73 bits per heavy atom. The van der Waals surface area contributed by atoms with Crippen LogP contribution in [0.3, 0.4) is 0 Å².